The number of sulfonamides is 1. The minimum atomic E-state index is -4.30. The van der Waals surface area contributed by atoms with E-state index < -0.39 is 58.1 Å². The van der Waals surface area contributed by atoms with Crippen LogP contribution < -0.4 is 5.32 Å². The molecule has 0 spiro atoms. The first-order valence-corrected chi connectivity index (χ1v) is 11.3. The molecule has 176 valence electrons. The third kappa shape index (κ3) is 5.34. The van der Waals surface area contributed by atoms with Gasteiger partial charge in [-0.2, -0.15) is 4.31 Å². The average molecular weight is 481 g/mol. The number of carboxylic acid groups (broad SMARTS) is 1. The van der Waals surface area contributed by atoms with Crippen molar-refractivity contribution in [3.05, 3.63) is 65.7 Å². The van der Waals surface area contributed by atoms with Gasteiger partial charge in [-0.1, -0.05) is 12.1 Å². The number of hydrogen-bond acceptors (Lipinski definition) is 5. The molecular formula is C21H21F2N3O6S. The van der Waals surface area contributed by atoms with Crippen LogP contribution in [0, 0.1) is 11.6 Å². The Morgan fingerprint density at radius 2 is 1.58 bits per heavy atom. The molecule has 0 radical (unpaired) electrons. The van der Waals surface area contributed by atoms with Crippen LogP contribution in [0.5, 0.6) is 0 Å². The second-order valence-corrected chi connectivity index (χ2v) is 9.26. The van der Waals surface area contributed by atoms with E-state index in [1.165, 1.54) is 19.1 Å². The summed E-state index contributed by atoms with van der Waals surface area (Å²) < 4.78 is 53.7. The molecule has 0 aliphatic carbocycles. The van der Waals surface area contributed by atoms with Gasteiger partial charge in [0.05, 0.1) is 17.4 Å². The number of nitrogens with zero attached hydrogens (tertiary/aromatic N) is 2. The van der Waals surface area contributed by atoms with Crippen LogP contribution in [0.1, 0.15) is 24.9 Å². The summed E-state index contributed by atoms with van der Waals surface area (Å²) in [4.78, 5) is 37.4. The molecule has 2 atom stereocenters. The molecule has 1 aliphatic heterocycles. The van der Waals surface area contributed by atoms with Crippen molar-refractivity contribution in [3.8, 4) is 0 Å². The molecule has 12 heteroatoms. The number of benzene rings is 2. The molecule has 0 aromatic heterocycles. The Bertz CT molecular complexity index is 1160. The Labute approximate surface area is 188 Å². The second-order valence-electron chi connectivity index (χ2n) is 7.37. The molecule has 2 amide bonds. The van der Waals surface area contributed by atoms with Crippen LogP contribution in [0.4, 0.5) is 8.78 Å². The second kappa shape index (κ2) is 9.63. The van der Waals surface area contributed by atoms with Crippen LogP contribution >= 0.6 is 0 Å². The molecule has 2 N–H and O–H groups in total. The lowest BCUT2D eigenvalue weighted by Gasteiger charge is -2.29. The fraction of sp³-hybridized carbons (Fsp3) is 0.286. The van der Waals surface area contributed by atoms with Crippen molar-refractivity contribution in [1.82, 2.24) is 14.5 Å². The highest BCUT2D eigenvalue weighted by molar-refractivity contribution is 7.89. The zero-order chi connectivity index (χ0) is 24.3. The van der Waals surface area contributed by atoms with Gasteiger partial charge < -0.3 is 15.3 Å². The molecule has 1 heterocycles. The Morgan fingerprint density at radius 1 is 1.03 bits per heavy atom. The monoisotopic (exact) mass is 481 g/mol. The highest BCUT2D eigenvalue weighted by atomic mass is 32.2. The summed E-state index contributed by atoms with van der Waals surface area (Å²) in [6, 6.07) is 7.68. The largest absolute Gasteiger partial charge is 0.481 e. The van der Waals surface area contributed by atoms with Gasteiger partial charge in [-0.25, -0.2) is 17.2 Å². The predicted octanol–water partition coefficient (Wildman–Crippen LogP) is 1.48. The number of hydrogen-bond donors (Lipinski definition) is 2. The minimum absolute atomic E-state index is 0.0754. The molecule has 2 unspecified atom stereocenters. The first kappa shape index (κ1) is 24.3. The maximum Gasteiger partial charge on any atom is 0.305 e. The number of rotatable bonds is 7. The maximum absolute atomic E-state index is 13.3. The van der Waals surface area contributed by atoms with Crippen molar-refractivity contribution < 1.29 is 36.7 Å². The quantitative estimate of drug-likeness (QED) is 0.617. The van der Waals surface area contributed by atoms with E-state index in [9.17, 15) is 36.7 Å². The van der Waals surface area contributed by atoms with Gasteiger partial charge in [0.2, 0.25) is 15.9 Å². The summed E-state index contributed by atoms with van der Waals surface area (Å²) in [6.45, 7) is 0.897. The molecule has 3 rings (SSSR count). The number of halogens is 2. The van der Waals surface area contributed by atoms with E-state index in [4.69, 9.17) is 0 Å². The Kier molecular flexibility index (Phi) is 7.08. The maximum atomic E-state index is 13.3. The van der Waals surface area contributed by atoms with E-state index in [1.54, 1.807) is 0 Å². The Hall–Kier alpha value is -3.38. The van der Waals surface area contributed by atoms with Gasteiger partial charge in [0.25, 0.3) is 5.91 Å². The van der Waals surface area contributed by atoms with Crippen LogP contribution in [-0.2, 0) is 24.4 Å². The molecule has 0 saturated carbocycles. The molecule has 1 saturated heterocycles. The topological polar surface area (TPSA) is 124 Å². The van der Waals surface area contributed by atoms with Gasteiger partial charge in [0.1, 0.15) is 11.6 Å². The summed E-state index contributed by atoms with van der Waals surface area (Å²) in [5.74, 6) is -3.96. The number of aliphatic carboxylic acids is 1. The summed E-state index contributed by atoms with van der Waals surface area (Å²) in [5, 5.41) is 11.7. The van der Waals surface area contributed by atoms with Gasteiger partial charge in [-0.05, 0) is 42.0 Å². The number of carbonyl (C=O) groups is 3. The van der Waals surface area contributed by atoms with Crippen molar-refractivity contribution in [2.75, 3.05) is 13.1 Å². The number of amides is 2. The van der Waals surface area contributed by atoms with Gasteiger partial charge in [0.15, 0.2) is 6.17 Å². The van der Waals surface area contributed by atoms with Crippen molar-refractivity contribution in [1.29, 1.82) is 0 Å². The normalized spacial score (nSPS) is 17.5. The molecule has 33 heavy (non-hydrogen) atoms. The summed E-state index contributed by atoms with van der Waals surface area (Å²) in [6.07, 6.45) is -2.15. The predicted molar refractivity (Wildman–Crippen MR) is 111 cm³/mol. The lowest BCUT2D eigenvalue weighted by atomic mass is 10.0. The Balaban J connectivity index is 1.94. The van der Waals surface area contributed by atoms with Crippen LogP contribution in [0.2, 0.25) is 0 Å². The van der Waals surface area contributed by atoms with Gasteiger partial charge in [0, 0.05) is 20.0 Å². The van der Waals surface area contributed by atoms with Crippen molar-refractivity contribution in [3.63, 3.8) is 0 Å². The van der Waals surface area contributed by atoms with Crippen molar-refractivity contribution in [2.45, 2.75) is 30.4 Å². The molecule has 9 nitrogen and oxygen atoms in total. The number of nitrogens with one attached hydrogen (secondary N) is 1. The molecular weight excluding hydrogens is 460 g/mol. The molecule has 2 aromatic rings. The van der Waals surface area contributed by atoms with Gasteiger partial charge in [-0.15, -0.1) is 0 Å². The van der Waals surface area contributed by atoms with Crippen molar-refractivity contribution in [2.24, 2.45) is 0 Å². The minimum Gasteiger partial charge on any atom is -0.481 e. The lowest BCUT2D eigenvalue weighted by Crippen LogP contribution is -2.54. The molecule has 2 aromatic carbocycles. The zero-order valence-electron chi connectivity index (χ0n) is 17.4. The molecule has 0 bridgehead atoms. The van der Waals surface area contributed by atoms with E-state index in [0.717, 1.165) is 45.6 Å². The van der Waals surface area contributed by atoms with E-state index in [1.807, 2.05) is 0 Å². The highest BCUT2D eigenvalue weighted by Crippen LogP contribution is 2.26. The first-order valence-electron chi connectivity index (χ1n) is 9.83. The van der Waals surface area contributed by atoms with Crippen LogP contribution in [0.3, 0.4) is 0 Å². The third-order valence-corrected chi connectivity index (χ3v) is 7.02. The summed E-state index contributed by atoms with van der Waals surface area (Å²) in [5.41, 5.74) is 0.285. The van der Waals surface area contributed by atoms with Crippen LogP contribution in [0.15, 0.2) is 53.4 Å². The average Bonchev–Trinajstić information content (AvgIpc) is 3.20. The zero-order valence-corrected chi connectivity index (χ0v) is 18.3. The van der Waals surface area contributed by atoms with Gasteiger partial charge in [-0.3, -0.25) is 14.4 Å². The van der Waals surface area contributed by atoms with E-state index in [-0.39, 0.29) is 23.5 Å². The number of carboxylic acids is 1. The molecule has 1 aliphatic rings. The summed E-state index contributed by atoms with van der Waals surface area (Å²) in [7, 11) is -4.30. The van der Waals surface area contributed by atoms with Gasteiger partial charge >= 0.3 is 5.97 Å². The fourth-order valence-electron chi connectivity index (χ4n) is 3.57. The Morgan fingerprint density at radius 3 is 2.09 bits per heavy atom. The van der Waals surface area contributed by atoms with E-state index in [0.29, 0.717) is 0 Å². The third-order valence-electron chi connectivity index (χ3n) is 5.16. The van der Waals surface area contributed by atoms with Crippen LogP contribution in [0.25, 0.3) is 0 Å². The van der Waals surface area contributed by atoms with Crippen LogP contribution in [-0.4, -0.2) is 59.8 Å². The standard InChI is InChI=1S/C21H21F2N3O6S/c1-13(27)25-10-11-26(33(31,32)17-8-6-16(23)7-9-17)21(25)20(30)24-18(12-19(28)29)14-2-4-15(22)5-3-14/h2-9,18,21H,10-12H2,1H3,(H,24,30)(H,28,29). The summed E-state index contributed by atoms with van der Waals surface area (Å²) >= 11 is 0. The smallest absolute Gasteiger partial charge is 0.305 e. The lowest BCUT2D eigenvalue weighted by molar-refractivity contribution is -0.141. The number of carbonyl (C=O) groups excluding carboxylic acids is 2. The molecule has 1 fully saturated rings. The highest BCUT2D eigenvalue weighted by Gasteiger charge is 2.46. The first-order chi connectivity index (χ1) is 15.5. The van der Waals surface area contributed by atoms with Crippen molar-refractivity contribution >= 4 is 27.8 Å². The van der Waals surface area contributed by atoms with E-state index in [2.05, 4.69) is 5.32 Å². The van der Waals surface area contributed by atoms with E-state index >= 15 is 0 Å². The SMILES string of the molecule is CC(=O)N1CCN(S(=O)(=O)c2ccc(F)cc2)C1C(=O)NC(CC(=O)O)c1ccc(F)cc1. The fourth-order valence-corrected chi connectivity index (χ4v) is 5.12.